The van der Waals surface area contributed by atoms with Gasteiger partial charge in [-0.1, -0.05) is 24.3 Å². The van der Waals surface area contributed by atoms with E-state index in [1.807, 2.05) is 0 Å². The van der Waals surface area contributed by atoms with E-state index >= 15 is 0 Å². The van der Waals surface area contributed by atoms with Crippen LogP contribution in [0, 0.1) is 5.82 Å². The van der Waals surface area contributed by atoms with Crippen molar-refractivity contribution in [1.29, 1.82) is 0 Å². The standard InChI is InChI=1S/C16H11FN4O2/c17-10-5-1-2-6-11(10)20-21-14(9-22)15-16(23)19-13-8-4-3-7-12(13)18-15/h1-9,15,20H/b21-14-. The first-order chi connectivity index (χ1) is 11.2. The Hall–Kier alpha value is -3.22. The molecule has 1 N–H and O–H groups in total. The topological polar surface area (TPSA) is 83.2 Å². The summed E-state index contributed by atoms with van der Waals surface area (Å²) in [5, 5.41) is 4.75. The van der Waals surface area contributed by atoms with Crippen molar-refractivity contribution in [3.8, 4) is 0 Å². The molecule has 0 spiro atoms. The van der Waals surface area contributed by atoms with Crippen molar-refractivity contribution in [2.24, 2.45) is 15.1 Å². The first-order valence-electron chi connectivity index (χ1n) is 6.78. The van der Waals surface area contributed by atoms with Crippen molar-refractivity contribution in [2.75, 3.05) is 5.43 Å². The van der Waals surface area contributed by atoms with Gasteiger partial charge < -0.3 is 0 Å². The van der Waals surface area contributed by atoms with Crippen LogP contribution in [0.4, 0.5) is 10.1 Å². The zero-order valence-corrected chi connectivity index (χ0v) is 11.8. The summed E-state index contributed by atoms with van der Waals surface area (Å²) in [6, 6.07) is 11.5. The third kappa shape index (κ3) is 3.03. The molecule has 1 aliphatic rings. The van der Waals surface area contributed by atoms with Crippen LogP contribution >= 0.6 is 0 Å². The summed E-state index contributed by atoms with van der Waals surface area (Å²) >= 11 is 0. The monoisotopic (exact) mass is 310 g/mol. The molecule has 1 heterocycles. The summed E-state index contributed by atoms with van der Waals surface area (Å²) in [7, 11) is 0. The van der Waals surface area contributed by atoms with E-state index in [1.54, 1.807) is 30.3 Å². The summed E-state index contributed by atoms with van der Waals surface area (Å²) in [5.41, 5.74) is 2.35. The molecule has 0 fully saturated rings. The highest BCUT2D eigenvalue weighted by molar-refractivity contribution is 6.36. The van der Waals surface area contributed by atoms with Crippen LogP contribution < -0.4 is 16.1 Å². The van der Waals surface area contributed by atoms with E-state index in [1.165, 1.54) is 18.2 Å². The van der Waals surface area contributed by atoms with E-state index in [0.717, 1.165) is 0 Å². The fraction of sp³-hybridized carbons (Fsp3) is 0.0625. The summed E-state index contributed by atoms with van der Waals surface area (Å²) in [4.78, 5) is 31.4. The van der Waals surface area contributed by atoms with Gasteiger partial charge in [-0.05, 0) is 24.3 Å². The van der Waals surface area contributed by atoms with Crippen molar-refractivity contribution in [3.63, 3.8) is 0 Å². The van der Waals surface area contributed by atoms with Gasteiger partial charge in [0.05, 0.1) is 16.4 Å². The molecular formula is C16H11FN4O2. The molecular weight excluding hydrogens is 299 g/mol. The second-order valence-electron chi connectivity index (χ2n) is 4.72. The molecule has 6 nitrogen and oxygen atoms in total. The molecule has 0 radical (unpaired) electrons. The van der Waals surface area contributed by atoms with Gasteiger partial charge in [0.15, 0.2) is 12.3 Å². The second kappa shape index (κ2) is 6.27. The number of benzene rings is 2. The van der Waals surface area contributed by atoms with Crippen LogP contribution in [0.5, 0.6) is 0 Å². The molecule has 0 aromatic heterocycles. The molecule has 7 heteroatoms. The van der Waals surface area contributed by atoms with Crippen LogP contribution in [0.15, 0.2) is 63.6 Å². The largest absolute Gasteiger partial charge is 0.296 e. The second-order valence-corrected chi connectivity index (χ2v) is 4.72. The van der Waals surface area contributed by atoms with Crippen molar-refractivity contribution < 1.29 is 14.0 Å². The first-order valence-corrected chi connectivity index (χ1v) is 6.78. The van der Waals surface area contributed by atoms with Crippen LogP contribution in [-0.4, -0.2) is 23.9 Å². The maximum Gasteiger partial charge on any atom is 0.277 e. The van der Waals surface area contributed by atoms with Crippen LogP contribution in [0.2, 0.25) is 0 Å². The van der Waals surface area contributed by atoms with E-state index in [9.17, 15) is 14.0 Å². The van der Waals surface area contributed by atoms with Gasteiger partial charge in [0, 0.05) is 0 Å². The van der Waals surface area contributed by atoms with Gasteiger partial charge in [-0.3, -0.25) is 20.0 Å². The third-order valence-corrected chi connectivity index (χ3v) is 3.19. The van der Waals surface area contributed by atoms with Crippen LogP contribution in [-0.2, 0) is 9.59 Å². The Morgan fingerprint density at radius 2 is 1.83 bits per heavy atom. The van der Waals surface area contributed by atoms with E-state index in [4.69, 9.17) is 0 Å². The fourth-order valence-corrected chi connectivity index (χ4v) is 2.06. The Bertz CT molecular complexity index is 924. The molecule has 0 saturated heterocycles. The molecule has 114 valence electrons. The third-order valence-electron chi connectivity index (χ3n) is 3.19. The molecule has 1 atom stereocenters. The smallest absolute Gasteiger partial charge is 0.277 e. The number of anilines is 1. The van der Waals surface area contributed by atoms with Crippen LogP contribution in [0.1, 0.15) is 0 Å². The summed E-state index contributed by atoms with van der Waals surface area (Å²) in [6.07, 6.45) is 0.406. The molecule has 3 rings (SSSR count). The highest BCUT2D eigenvalue weighted by Crippen LogP contribution is 2.12. The highest BCUT2D eigenvalue weighted by Gasteiger charge is 2.25. The first kappa shape index (κ1) is 14.7. The van der Waals surface area contributed by atoms with Crippen LogP contribution in [0.25, 0.3) is 0 Å². The lowest BCUT2D eigenvalue weighted by atomic mass is 10.1. The Balaban J connectivity index is 1.94. The van der Waals surface area contributed by atoms with Gasteiger partial charge in [0.2, 0.25) is 0 Å². The van der Waals surface area contributed by atoms with Gasteiger partial charge >= 0.3 is 0 Å². The summed E-state index contributed by atoms with van der Waals surface area (Å²) in [5.74, 6) is -1.12. The number of rotatable bonds is 4. The molecule has 23 heavy (non-hydrogen) atoms. The number of carbonyl (C=O) groups is 2. The maximum absolute atomic E-state index is 13.5. The molecule has 0 bridgehead atoms. The Morgan fingerprint density at radius 3 is 2.57 bits per heavy atom. The quantitative estimate of drug-likeness (QED) is 0.511. The Kier molecular flexibility index (Phi) is 4.01. The predicted molar refractivity (Wildman–Crippen MR) is 81.1 cm³/mol. The molecule has 2 aromatic carbocycles. The summed E-state index contributed by atoms with van der Waals surface area (Å²) < 4.78 is 13.5. The molecule has 2 aromatic rings. The van der Waals surface area contributed by atoms with Crippen LogP contribution in [0.3, 0.4) is 0 Å². The molecule has 0 saturated carbocycles. The number of amides is 1. The van der Waals surface area contributed by atoms with E-state index in [-0.39, 0.29) is 11.4 Å². The van der Waals surface area contributed by atoms with Crippen molar-refractivity contribution in [2.45, 2.75) is 6.04 Å². The van der Waals surface area contributed by atoms with Crippen molar-refractivity contribution in [1.82, 2.24) is 0 Å². The number of hydrogen-bond donors (Lipinski definition) is 1. The van der Waals surface area contributed by atoms with Gasteiger partial charge in [0.25, 0.3) is 5.91 Å². The number of carbonyl (C=O) groups excluding carboxylic acids is 2. The van der Waals surface area contributed by atoms with Gasteiger partial charge in [-0.25, -0.2) is 9.38 Å². The fourth-order valence-electron chi connectivity index (χ4n) is 2.06. The average molecular weight is 310 g/mol. The minimum absolute atomic E-state index is 0.0902. The van der Waals surface area contributed by atoms with E-state index in [0.29, 0.717) is 17.0 Å². The number of nitrogens with zero attached hydrogens (tertiary/aromatic N) is 3. The number of fused-ring (bicyclic) bond motifs is 1. The number of aldehydes is 1. The number of nitrogens with one attached hydrogen (secondary N) is 1. The minimum atomic E-state index is -1.14. The minimum Gasteiger partial charge on any atom is -0.296 e. The molecule has 1 unspecified atom stereocenters. The Morgan fingerprint density at radius 1 is 1.13 bits per heavy atom. The number of hydrogen-bond acceptors (Lipinski definition) is 5. The SMILES string of the molecule is O=C/C(=N/Nc1ccccc1F)C1N=c2ccccc2=NC1=O. The normalized spacial score (nSPS) is 16.8. The Labute approximate surface area is 130 Å². The lowest BCUT2D eigenvalue weighted by molar-refractivity contribution is -0.118. The van der Waals surface area contributed by atoms with E-state index < -0.39 is 17.8 Å². The zero-order chi connectivity index (χ0) is 16.2. The highest BCUT2D eigenvalue weighted by atomic mass is 19.1. The van der Waals surface area contributed by atoms with Gasteiger partial charge in [-0.15, -0.1) is 0 Å². The molecule has 1 amide bonds. The van der Waals surface area contributed by atoms with Gasteiger partial charge in [0.1, 0.15) is 11.5 Å². The number of para-hydroxylation sites is 3. The van der Waals surface area contributed by atoms with Crippen molar-refractivity contribution >= 4 is 23.6 Å². The maximum atomic E-state index is 13.5. The number of hydrazone groups is 1. The van der Waals surface area contributed by atoms with Gasteiger partial charge in [-0.2, -0.15) is 5.10 Å². The average Bonchev–Trinajstić information content (AvgIpc) is 2.57. The lowest BCUT2D eigenvalue weighted by Gasteiger charge is -2.11. The van der Waals surface area contributed by atoms with Crippen molar-refractivity contribution in [3.05, 3.63) is 65.1 Å². The lowest BCUT2D eigenvalue weighted by Crippen LogP contribution is -2.41. The van der Waals surface area contributed by atoms with E-state index in [2.05, 4.69) is 20.5 Å². The zero-order valence-electron chi connectivity index (χ0n) is 11.8. The number of halogens is 1. The molecule has 0 aliphatic carbocycles. The molecule has 1 aliphatic heterocycles. The predicted octanol–water partition coefficient (Wildman–Crippen LogP) is 0.641. The summed E-state index contributed by atoms with van der Waals surface area (Å²) in [6.45, 7) is 0.